The van der Waals surface area contributed by atoms with E-state index in [1.54, 1.807) is 24.3 Å². The quantitative estimate of drug-likeness (QED) is 0.425. The second kappa shape index (κ2) is 12.3. The number of hydrogen-bond acceptors (Lipinski definition) is 5. The van der Waals surface area contributed by atoms with Crippen LogP contribution in [0.2, 0.25) is 5.02 Å². The first-order valence-electron chi connectivity index (χ1n) is 12.6. The van der Waals surface area contributed by atoms with Crippen LogP contribution in [-0.4, -0.2) is 66.6 Å². The number of nitrogens with zero attached hydrogens (tertiary/aromatic N) is 4. The molecule has 0 unspecified atom stereocenters. The van der Waals surface area contributed by atoms with Crippen LogP contribution >= 0.6 is 23.8 Å². The molecule has 0 spiro atoms. The van der Waals surface area contributed by atoms with Crippen LogP contribution in [0.3, 0.4) is 0 Å². The number of likely N-dealkylation sites (tertiary alicyclic amines) is 1. The fraction of sp³-hybridized carbons (Fsp3) is 0.481. The van der Waals surface area contributed by atoms with Gasteiger partial charge in [0.1, 0.15) is 6.07 Å². The summed E-state index contributed by atoms with van der Waals surface area (Å²) in [5.41, 5.74) is 1.65. The van der Waals surface area contributed by atoms with Crippen molar-refractivity contribution in [3.8, 4) is 6.07 Å². The monoisotopic (exact) mass is 549 g/mol. The van der Waals surface area contributed by atoms with E-state index in [-0.39, 0.29) is 0 Å². The minimum absolute atomic E-state index is 0.351. The van der Waals surface area contributed by atoms with Crippen molar-refractivity contribution in [3.63, 3.8) is 0 Å². The fourth-order valence-corrected chi connectivity index (χ4v) is 5.46. The van der Waals surface area contributed by atoms with E-state index in [9.17, 15) is 13.2 Å². The van der Waals surface area contributed by atoms with Crippen molar-refractivity contribution in [2.75, 3.05) is 56.0 Å². The summed E-state index contributed by atoms with van der Waals surface area (Å²) in [7, 11) is 0. The lowest BCUT2D eigenvalue weighted by atomic mass is 10.0. The zero-order valence-electron chi connectivity index (χ0n) is 20.6. The van der Waals surface area contributed by atoms with Gasteiger partial charge in [0.25, 0.3) is 0 Å². The van der Waals surface area contributed by atoms with Crippen LogP contribution in [0.25, 0.3) is 0 Å². The molecule has 2 fully saturated rings. The van der Waals surface area contributed by atoms with Crippen molar-refractivity contribution in [2.24, 2.45) is 0 Å². The predicted molar refractivity (Wildman–Crippen MR) is 146 cm³/mol. The van der Waals surface area contributed by atoms with Crippen molar-refractivity contribution in [1.82, 2.24) is 9.80 Å². The maximum absolute atomic E-state index is 12.8. The van der Waals surface area contributed by atoms with Gasteiger partial charge in [-0.2, -0.15) is 18.4 Å². The molecule has 4 rings (SSSR count). The van der Waals surface area contributed by atoms with Crippen molar-refractivity contribution in [3.05, 3.63) is 58.6 Å². The summed E-state index contributed by atoms with van der Waals surface area (Å²) in [6.07, 6.45) is -0.433. The second-order valence-electron chi connectivity index (χ2n) is 9.58. The first kappa shape index (κ1) is 27.5. The Kier molecular flexibility index (Phi) is 9.17. The largest absolute Gasteiger partial charge is 0.416 e. The number of piperazine rings is 1. The van der Waals surface area contributed by atoms with E-state index in [1.807, 2.05) is 6.07 Å². The number of benzene rings is 2. The Hall–Kier alpha value is -2.54. The Morgan fingerprint density at radius 3 is 2.30 bits per heavy atom. The summed E-state index contributed by atoms with van der Waals surface area (Å²) in [5, 5.41) is 13.0. The summed E-state index contributed by atoms with van der Waals surface area (Å²) in [5.74, 6) is 0. The van der Waals surface area contributed by atoms with Crippen LogP contribution < -0.4 is 10.2 Å². The number of nitrogens with one attached hydrogen (secondary N) is 1. The highest BCUT2D eigenvalue weighted by Crippen LogP contribution is 2.31. The number of thiocarbonyl (C=S) groups is 1. The Bertz CT molecular complexity index is 1100. The molecule has 2 aromatic carbocycles. The average Bonchev–Trinajstić information content (AvgIpc) is 2.89. The van der Waals surface area contributed by atoms with Crippen molar-refractivity contribution < 1.29 is 13.2 Å². The van der Waals surface area contributed by atoms with Gasteiger partial charge >= 0.3 is 6.18 Å². The molecule has 37 heavy (non-hydrogen) atoms. The third-order valence-electron chi connectivity index (χ3n) is 7.11. The molecular weight excluding hydrogens is 519 g/mol. The SMILES string of the molecule is N#Cc1ccc(NC2CCN(C(=S)CCCN3CCN(c4ccc(C(F)(F)F)cc4)CC3)CC2)cc1Cl. The first-order chi connectivity index (χ1) is 17.7. The van der Waals surface area contributed by atoms with Crippen LogP contribution in [-0.2, 0) is 6.18 Å². The lowest BCUT2D eigenvalue weighted by Gasteiger charge is -2.37. The number of nitriles is 1. The van der Waals surface area contributed by atoms with Crippen molar-refractivity contribution >= 4 is 40.2 Å². The Balaban J connectivity index is 1.13. The van der Waals surface area contributed by atoms with Crippen LogP contribution in [0.4, 0.5) is 24.5 Å². The Labute approximate surface area is 226 Å². The third-order valence-corrected chi connectivity index (χ3v) is 7.88. The Morgan fingerprint density at radius 1 is 1.03 bits per heavy atom. The normalized spacial score (nSPS) is 17.5. The molecule has 2 heterocycles. The number of piperidine rings is 1. The highest BCUT2D eigenvalue weighted by Gasteiger charge is 2.30. The van der Waals surface area contributed by atoms with E-state index in [0.717, 1.165) is 100.0 Å². The maximum Gasteiger partial charge on any atom is 0.416 e. The van der Waals surface area contributed by atoms with Gasteiger partial charge < -0.3 is 15.1 Å². The molecule has 0 atom stereocenters. The van der Waals surface area contributed by atoms with E-state index in [4.69, 9.17) is 29.1 Å². The third kappa shape index (κ3) is 7.50. The van der Waals surface area contributed by atoms with Gasteiger partial charge in [-0.25, -0.2) is 0 Å². The summed E-state index contributed by atoms with van der Waals surface area (Å²) < 4.78 is 38.4. The minimum Gasteiger partial charge on any atom is -0.382 e. The molecule has 0 amide bonds. The molecule has 2 aliphatic rings. The van der Waals surface area contributed by atoms with Gasteiger partial charge in [0.05, 0.1) is 21.1 Å². The number of alkyl halides is 3. The molecule has 0 radical (unpaired) electrons. The molecule has 0 saturated carbocycles. The van der Waals surface area contributed by atoms with Crippen LogP contribution in [0.5, 0.6) is 0 Å². The summed E-state index contributed by atoms with van der Waals surface area (Å²) >= 11 is 11.9. The van der Waals surface area contributed by atoms with E-state index in [2.05, 4.69) is 26.1 Å². The van der Waals surface area contributed by atoms with E-state index in [1.165, 1.54) is 0 Å². The molecule has 5 nitrogen and oxygen atoms in total. The minimum atomic E-state index is -4.30. The summed E-state index contributed by atoms with van der Waals surface area (Å²) in [6, 6.07) is 13.3. The number of anilines is 2. The zero-order chi connectivity index (χ0) is 26.4. The second-order valence-corrected chi connectivity index (χ2v) is 10.5. The smallest absolute Gasteiger partial charge is 0.382 e. The summed E-state index contributed by atoms with van der Waals surface area (Å²) in [4.78, 5) is 7.87. The van der Waals surface area contributed by atoms with Gasteiger partial charge in [0, 0.05) is 56.7 Å². The topological polar surface area (TPSA) is 45.5 Å². The highest BCUT2D eigenvalue weighted by molar-refractivity contribution is 7.80. The van der Waals surface area contributed by atoms with Gasteiger partial charge in [0.15, 0.2) is 0 Å². The first-order valence-corrected chi connectivity index (χ1v) is 13.4. The number of halogens is 4. The average molecular weight is 550 g/mol. The van der Waals surface area contributed by atoms with Gasteiger partial charge in [-0.3, -0.25) is 4.90 Å². The van der Waals surface area contributed by atoms with Gasteiger partial charge in [-0.05, 0) is 74.7 Å². The molecule has 2 aromatic rings. The molecule has 198 valence electrons. The molecule has 0 bridgehead atoms. The van der Waals surface area contributed by atoms with Gasteiger partial charge in [0.2, 0.25) is 0 Å². The molecular formula is C27H31ClF3N5S. The van der Waals surface area contributed by atoms with Crippen LogP contribution in [0.15, 0.2) is 42.5 Å². The van der Waals surface area contributed by atoms with Crippen LogP contribution in [0, 0.1) is 11.3 Å². The standard InChI is InChI=1S/C27H31ClF3N5S/c28-25-18-23(6-3-20(25)19-32)33-22-9-12-36(13-10-22)26(37)2-1-11-34-14-16-35(17-15-34)24-7-4-21(5-8-24)27(29,30)31/h3-8,18,22,33H,1-2,9-17H2. The number of hydrogen-bond donors (Lipinski definition) is 1. The van der Waals surface area contributed by atoms with Gasteiger partial charge in [-0.1, -0.05) is 23.8 Å². The highest BCUT2D eigenvalue weighted by atomic mass is 35.5. The van der Waals surface area contributed by atoms with E-state index < -0.39 is 11.7 Å². The molecule has 0 aromatic heterocycles. The number of rotatable bonds is 7. The van der Waals surface area contributed by atoms with E-state index >= 15 is 0 Å². The molecule has 2 aliphatic heterocycles. The maximum atomic E-state index is 12.8. The predicted octanol–water partition coefficient (Wildman–Crippen LogP) is 6.04. The fourth-order valence-electron chi connectivity index (χ4n) is 4.91. The zero-order valence-corrected chi connectivity index (χ0v) is 22.2. The lowest BCUT2D eigenvalue weighted by Crippen LogP contribution is -2.47. The van der Waals surface area contributed by atoms with Gasteiger partial charge in [-0.15, -0.1) is 0 Å². The molecule has 0 aliphatic carbocycles. The van der Waals surface area contributed by atoms with Crippen molar-refractivity contribution in [1.29, 1.82) is 5.26 Å². The molecule has 2 saturated heterocycles. The van der Waals surface area contributed by atoms with Crippen molar-refractivity contribution in [2.45, 2.75) is 37.9 Å². The molecule has 10 heteroatoms. The molecule has 1 N–H and O–H groups in total. The Morgan fingerprint density at radius 2 is 1.70 bits per heavy atom. The van der Waals surface area contributed by atoms with E-state index in [0.29, 0.717) is 16.6 Å². The lowest BCUT2D eigenvalue weighted by molar-refractivity contribution is -0.137. The van der Waals surface area contributed by atoms with Crippen LogP contribution in [0.1, 0.15) is 36.8 Å². The summed E-state index contributed by atoms with van der Waals surface area (Å²) in [6.45, 7) is 6.22.